The Morgan fingerprint density at radius 2 is 2.21 bits per heavy atom. The zero-order valence-electron chi connectivity index (χ0n) is 7.51. The van der Waals surface area contributed by atoms with Gasteiger partial charge < -0.3 is 0 Å². The van der Waals surface area contributed by atoms with E-state index in [-0.39, 0.29) is 0 Å². The van der Waals surface area contributed by atoms with Crippen LogP contribution < -0.4 is 0 Å². The summed E-state index contributed by atoms with van der Waals surface area (Å²) < 4.78 is 2.66. The molecule has 74 valence electrons. The number of thiophene rings is 1. The Balaban J connectivity index is 2.64. The number of benzene rings is 1. The average molecular weight is 355 g/mol. The first-order valence-corrected chi connectivity index (χ1v) is 7.72. The Morgan fingerprint density at radius 3 is 2.86 bits per heavy atom. The van der Waals surface area contributed by atoms with Crippen LogP contribution in [0.15, 0.2) is 23.1 Å². The zero-order chi connectivity index (χ0) is 10.1. The lowest BCUT2D eigenvalue weighted by molar-refractivity contribution is 1.45. The molecule has 0 amide bonds. The van der Waals surface area contributed by atoms with Crippen molar-refractivity contribution in [3.63, 3.8) is 0 Å². The first kappa shape index (κ1) is 11.0. The summed E-state index contributed by atoms with van der Waals surface area (Å²) in [5, 5.41) is 1.32. The second kappa shape index (κ2) is 4.60. The molecule has 4 heteroatoms. The fraction of sp³-hybridized carbons (Fsp3) is 0.200. The highest BCUT2D eigenvalue weighted by Crippen LogP contribution is 2.33. The van der Waals surface area contributed by atoms with Crippen LogP contribution in [0.4, 0.5) is 0 Å². The summed E-state index contributed by atoms with van der Waals surface area (Å²) in [5.41, 5.74) is 0. The molecule has 0 saturated carbocycles. The molecule has 2 rings (SSSR count). The molecular formula is C10H8ClIS2. The van der Waals surface area contributed by atoms with Gasteiger partial charge in [-0.05, 0) is 52.4 Å². The summed E-state index contributed by atoms with van der Waals surface area (Å²) in [7, 11) is 0. The minimum absolute atomic E-state index is 0.616. The molecule has 0 aliphatic rings. The SMILES string of the molecule is CSc1cc2cc(CCl)sc2cc1I. The largest absolute Gasteiger partial charge is 0.139 e. The van der Waals surface area contributed by atoms with Gasteiger partial charge in [-0.1, -0.05) is 0 Å². The molecule has 0 fully saturated rings. The smallest absolute Gasteiger partial charge is 0.0568 e. The maximum Gasteiger partial charge on any atom is 0.0568 e. The van der Waals surface area contributed by atoms with Gasteiger partial charge in [0.25, 0.3) is 0 Å². The quantitative estimate of drug-likeness (QED) is 0.417. The summed E-state index contributed by atoms with van der Waals surface area (Å²) in [5.74, 6) is 0.616. The van der Waals surface area contributed by atoms with Gasteiger partial charge in [0.15, 0.2) is 0 Å². The van der Waals surface area contributed by atoms with Crippen LogP contribution in [0.25, 0.3) is 10.1 Å². The third-order valence-electron chi connectivity index (χ3n) is 1.97. The maximum absolute atomic E-state index is 5.82. The molecule has 0 nitrogen and oxygen atoms in total. The molecular weight excluding hydrogens is 347 g/mol. The van der Waals surface area contributed by atoms with Crippen LogP contribution >= 0.6 is 57.3 Å². The van der Waals surface area contributed by atoms with Crippen molar-refractivity contribution < 1.29 is 0 Å². The zero-order valence-corrected chi connectivity index (χ0v) is 12.1. The van der Waals surface area contributed by atoms with Crippen LogP contribution in [-0.4, -0.2) is 6.26 Å². The van der Waals surface area contributed by atoms with E-state index in [1.807, 2.05) is 0 Å². The molecule has 0 atom stereocenters. The van der Waals surface area contributed by atoms with E-state index in [1.54, 1.807) is 23.1 Å². The van der Waals surface area contributed by atoms with E-state index in [1.165, 1.54) is 23.4 Å². The fourth-order valence-electron chi connectivity index (χ4n) is 1.32. The highest BCUT2D eigenvalue weighted by Gasteiger charge is 2.05. The van der Waals surface area contributed by atoms with Crippen LogP contribution in [-0.2, 0) is 5.88 Å². The molecule has 1 heterocycles. The molecule has 0 N–H and O–H groups in total. The number of halogens is 2. The van der Waals surface area contributed by atoms with Gasteiger partial charge in [-0.2, -0.15) is 0 Å². The Kier molecular flexibility index (Phi) is 3.63. The van der Waals surface area contributed by atoms with Gasteiger partial charge in [0.05, 0.1) is 5.88 Å². The lowest BCUT2D eigenvalue weighted by Gasteiger charge is -1.99. The van der Waals surface area contributed by atoms with Crippen LogP contribution in [0.1, 0.15) is 4.88 Å². The molecule has 0 radical (unpaired) electrons. The van der Waals surface area contributed by atoms with E-state index < -0.39 is 0 Å². The highest BCUT2D eigenvalue weighted by molar-refractivity contribution is 14.1. The van der Waals surface area contributed by atoms with Crippen molar-refractivity contribution in [2.24, 2.45) is 0 Å². The molecule has 1 aromatic carbocycles. The molecule has 14 heavy (non-hydrogen) atoms. The van der Waals surface area contributed by atoms with Gasteiger partial charge >= 0.3 is 0 Å². The van der Waals surface area contributed by atoms with E-state index in [4.69, 9.17) is 11.6 Å². The Hall–Kier alpha value is 0.550. The second-order valence-electron chi connectivity index (χ2n) is 2.87. The summed E-state index contributed by atoms with van der Waals surface area (Å²) >= 11 is 11.8. The van der Waals surface area contributed by atoms with Gasteiger partial charge in [-0.3, -0.25) is 0 Å². The molecule has 2 aromatic rings. The normalized spacial score (nSPS) is 11.1. The van der Waals surface area contributed by atoms with E-state index in [0.29, 0.717) is 5.88 Å². The van der Waals surface area contributed by atoms with Crippen LogP contribution in [0.2, 0.25) is 0 Å². The van der Waals surface area contributed by atoms with Gasteiger partial charge in [0, 0.05) is 18.0 Å². The number of alkyl halides is 1. The minimum Gasteiger partial charge on any atom is -0.139 e. The van der Waals surface area contributed by atoms with Crippen molar-refractivity contribution in [2.75, 3.05) is 6.26 Å². The summed E-state index contributed by atoms with van der Waals surface area (Å²) in [6, 6.07) is 6.67. The first-order chi connectivity index (χ1) is 6.74. The third-order valence-corrected chi connectivity index (χ3v) is 5.55. The minimum atomic E-state index is 0.616. The molecule has 0 spiro atoms. The van der Waals surface area contributed by atoms with Crippen molar-refractivity contribution in [3.05, 3.63) is 26.6 Å². The lowest BCUT2D eigenvalue weighted by Crippen LogP contribution is -1.76. The lowest BCUT2D eigenvalue weighted by atomic mass is 10.2. The van der Waals surface area contributed by atoms with E-state index in [9.17, 15) is 0 Å². The monoisotopic (exact) mass is 354 g/mol. The van der Waals surface area contributed by atoms with Gasteiger partial charge in [0.1, 0.15) is 0 Å². The molecule has 1 aromatic heterocycles. The first-order valence-electron chi connectivity index (χ1n) is 4.06. The molecule has 0 saturated heterocycles. The van der Waals surface area contributed by atoms with Crippen molar-refractivity contribution in [2.45, 2.75) is 10.8 Å². The number of hydrogen-bond donors (Lipinski definition) is 0. The Labute approximate surface area is 110 Å². The number of rotatable bonds is 2. The number of fused-ring (bicyclic) bond motifs is 1. The number of hydrogen-bond acceptors (Lipinski definition) is 2. The van der Waals surface area contributed by atoms with Gasteiger partial charge in [-0.25, -0.2) is 0 Å². The van der Waals surface area contributed by atoms with Crippen LogP contribution in [0.3, 0.4) is 0 Å². The molecule has 0 bridgehead atoms. The maximum atomic E-state index is 5.82. The van der Waals surface area contributed by atoms with Crippen molar-refractivity contribution in [1.82, 2.24) is 0 Å². The van der Waals surface area contributed by atoms with Crippen LogP contribution in [0.5, 0.6) is 0 Å². The topological polar surface area (TPSA) is 0 Å². The number of thioether (sulfide) groups is 1. The summed E-state index contributed by atoms with van der Waals surface area (Å²) in [6.45, 7) is 0. The molecule has 0 unspecified atom stereocenters. The van der Waals surface area contributed by atoms with Crippen molar-refractivity contribution in [3.8, 4) is 0 Å². The fourth-order valence-corrected chi connectivity index (χ4v) is 4.33. The Morgan fingerprint density at radius 1 is 1.43 bits per heavy atom. The molecule has 0 aliphatic heterocycles. The van der Waals surface area contributed by atoms with Crippen LogP contribution in [0, 0.1) is 3.57 Å². The Bertz CT molecular complexity index is 464. The predicted octanol–water partition coefficient (Wildman–Crippen LogP) is 4.97. The van der Waals surface area contributed by atoms with E-state index in [2.05, 4.69) is 47.0 Å². The highest BCUT2D eigenvalue weighted by atomic mass is 127. The second-order valence-corrected chi connectivity index (χ2v) is 6.32. The van der Waals surface area contributed by atoms with Gasteiger partial charge in [-0.15, -0.1) is 34.7 Å². The van der Waals surface area contributed by atoms with Crippen molar-refractivity contribution in [1.29, 1.82) is 0 Å². The summed E-state index contributed by atoms with van der Waals surface area (Å²) in [6.07, 6.45) is 2.11. The third kappa shape index (κ3) is 2.05. The predicted molar refractivity (Wildman–Crippen MR) is 75.9 cm³/mol. The van der Waals surface area contributed by atoms with E-state index >= 15 is 0 Å². The standard InChI is InChI=1S/C10H8ClIS2/c1-13-10-3-6-2-7(5-11)14-9(6)4-8(10)12/h2-4H,5H2,1H3. The average Bonchev–Trinajstić information content (AvgIpc) is 2.58. The van der Waals surface area contributed by atoms with Crippen molar-refractivity contribution >= 4 is 67.4 Å². The molecule has 0 aliphatic carbocycles. The van der Waals surface area contributed by atoms with Gasteiger partial charge in [0.2, 0.25) is 0 Å². The van der Waals surface area contributed by atoms with E-state index in [0.717, 1.165) is 0 Å². The summed E-state index contributed by atoms with van der Waals surface area (Å²) in [4.78, 5) is 2.59.